The lowest BCUT2D eigenvalue weighted by molar-refractivity contribution is -0.145. The lowest BCUT2D eigenvalue weighted by atomic mass is 10.2. The van der Waals surface area contributed by atoms with E-state index >= 15 is 0 Å². The van der Waals surface area contributed by atoms with Crippen LogP contribution in [0.3, 0.4) is 0 Å². The summed E-state index contributed by atoms with van der Waals surface area (Å²) in [6.07, 6.45) is 1.59. The van der Waals surface area contributed by atoms with Gasteiger partial charge in [-0.1, -0.05) is 30.3 Å². The molecule has 2 aromatic rings. The molecule has 0 spiro atoms. The van der Waals surface area contributed by atoms with Gasteiger partial charge in [-0.25, -0.2) is 4.79 Å². The van der Waals surface area contributed by atoms with Crippen LogP contribution in [-0.2, 0) is 16.1 Å². The maximum atomic E-state index is 11.5. The van der Waals surface area contributed by atoms with Crippen molar-refractivity contribution in [2.45, 2.75) is 13.5 Å². The van der Waals surface area contributed by atoms with Gasteiger partial charge < -0.3 is 19.5 Å². The number of benzene rings is 2. The molecule has 0 fully saturated rings. The van der Waals surface area contributed by atoms with Crippen molar-refractivity contribution in [2.24, 2.45) is 5.10 Å². The molecule has 0 aliphatic heterocycles. The van der Waals surface area contributed by atoms with Gasteiger partial charge in [-0.05, 0) is 48.5 Å². The Morgan fingerprint density at radius 1 is 1.18 bits per heavy atom. The highest BCUT2D eigenvalue weighted by Gasteiger charge is 2.09. The molecule has 0 unspecified atom stereocenters. The fourth-order valence-corrected chi connectivity index (χ4v) is 2.33. The zero-order chi connectivity index (χ0) is 20.2. The van der Waals surface area contributed by atoms with E-state index in [1.165, 1.54) is 7.11 Å². The van der Waals surface area contributed by atoms with Crippen LogP contribution in [0.1, 0.15) is 18.1 Å². The van der Waals surface area contributed by atoms with Crippen LogP contribution >= 0.6 is 12.2 Å². The van der Waals surface area contributed by atoms with Crippen LogP contribution in [0.15, 0.2) is 53.6 Å². The summed E-state index contributed by atoms with van der Waals surface area (Å²) in [5, 5.41) is 7.59. The zero-order valence-electron chi connectivity index (χ0n) is 15.8. The van der Waals surface area contributed by atoms with E-state index in [-0.39, 0.29) is 6.61 Å². The van der Waals surface area contributed by atoms with Gasteiger partial charge in [-0.2, -0.15) is 5.10 Å². The maximum Gasteiger partial charge on any atom is 0.344 e. The first-order valence-corrected chi connectivity index (χ1v) is 9.10. The number of rotatable bonds is 9. The minimum absolute atomic E-state index is 0.198. The number of nitrogens with one attached hydrogen (secondary N) is 2. The van der Waals surface area contributed by atoms with Crippen LogP contribution in [0, 0.1) is 0 Å². The van der Waals surface area contributed by atoms with Crippen molar-refractivity contribution in [3.63, 3.8) is 0 Å². The highest BCUT2D eigenvalue weighted by Crippen LogP contribution is 2.27. The number of carbonyl (C=O) groups is 1. The molecule has 148 valence electrons. The summed E-state index contributed by atoms with van der Waals surface area (Å²) >= 11 is 5.20. The minimum Gasteiger partial charge on any atom is -0.493 e. The molecule has 0 aliphatic rings. The molecule has 2 N–H and O–H groups in total. The Kier molecular flexibility index (Phi) is 8.74. The SMILES string of the molecule is CCOC(=O)COc1cc(/C=N/NC(=S)NCc2ccccc2)ccc1OC. The number of hydrazone groups is 1. The van der Waals surface area contributed by atoms with Crippen molar-refractivity contribution < 1.29 is 19.0 Å². The van der Waals surface area contributed by atoms with Crippen molar-refractivity contribution in [3.05, 3.63) is 59.7 Å². The van der Waals surface area contributed by atoms with E-state index in [2.05, 4.69) is 15.8 Å². The summed E-state index contributed by atoms with van der Waals surface area (Å²) in [6.45, 7) is 2.45. The summed E-state index contributed by atoms with van der Waals surface area (Å²) in [7, 11) is 1.53. The smallest absolute Gasteiger partial charge is 0.344 e. The molecule has 2 aromatic carbocycles. The first kappa shape index (κ1) is 21.2. The molecule has 0 aromatic heterocycles. The Labute approximate surface area is 169 Å². The largest absolute Gasteiger partial charge is 0.493 e. The predicted molar refractivity (Wildman–Crippen MR) is 112 cm³/mol. The van der Waals surface area contributed by atoms with Crippen LogP contribution in [0.25, 0.3) is 0 Å². The first-order valence-electron chi connectivity index (χ1n) is 8.69. The Morgan fingerprint density at radius 2 is 1.96 bits per heavy atom. The molecule has 0 heterocycles. The normalized spacial score (nSPS) is 10.4. The minimum atomic E-state index is -0.444. The molecular formula is C20H23N3O4S. The van der Waals surface area contributed by atoms with E-state index in [1.807, 2.05) is 36.4 Å². The molecule has 0 radical (unpaired) electrons. The van der Waals surface area contributed by atoms with Gasteiger partial charge in [0.2, 0.25) is 0 Å². The molecule has 7 nitrogen and oxygen atoms in total. The zero-order valence-corrected chi connectivity index (χ0v) is 16.6. The number of ether oxygens (including phenoxy) is 3. The fourth-order valence-electron chi connectivity index (χ4n) is 2.21. The number of carbonyl (C=O) groups excluding carboxylic acids is 1. The first-order chi connectivity index (χ1) is 13.6. The molecule has 8 heteroatoms. The van der Waals surface area contributed by atoms with E-state index in [0.29, 0.717) is 29.8 Å². The molecule has 0 amide bonds. The summed E-state index contributed by atoms with van der Waals surface area (Å²) < 4.78 is 15.6. The van der Waals surface area contributed by atoms with Crippen molar-refractivity contribution >= 4 is 29.5 Å². The summed E-state index contributed by atoms with van der Waals surface area (Å²) in [5.74, 6) is 0.485. The van der Waals surface area contributed by atoms with Crippen LogP contribution in [0.5, 0.6) is 11.5 Å². The molecule has 0 saturated heterocycles. The Balaban J connectivity index is 1.88. The average Bonchev–Trinajstić information content (AvgIpc) is 2.72. The number of nitrogens with zero attached hydrogens (tertiary/aromatic N) is 1. The second-order valence-corrected chi connectivity index (χ2v) is 5.95. The van der Waals surface area contributed by atoms with E-state index in [1.54, 1.807) is 25.3 Å². The van der Waals surface area contributed by atoms with Crippen LogP contribution in [-0.4, -0.2) is 37.6 Å². The number of hydrogen-bond donors (Lipinski definition) is 2. The molecule has 0 bridgehead atoms. The van der Waals surface area contributed by atoms with Crippen molar-refractivity contribution in [3.8, 4) is 11.5 Å². The van der Waals surface area contributed by atoms with Gasteiger partial charge in [-0.3, -0.25) is 5.43 Å². The van der Waals surface area contributed by atoms with Gasteiger partial charge in [0.15, 0.2) is 23.2 Å². The van der Waals surface area contributed by atoms with E-state index < -0.39 is 5.97 Å². The van der Waals surface area contributed by atoms with Gasteiger partial charge in [0.1, 0.15) is 0 Å². The number of hydrogen-bond acceptors (Lipinski definition) is 6. The lowest BCUT2D eigenvalue weighted by Gasteiger charge is -2.11. The van der Waals surface area contributed by atoms with Gasteiger partial charge in [-0.15, -0.1) is 0 Å². The summed E-state index contributed by atoms with van der Waals surface area (Å²) in [4.78, 5) is 11.5. The quantitative estimate of drug-likeness (QED) is 0.289. The number of methoxy groups -OCH3 is 1. The van der Waals surface area contributed by atoms with Gasteiger partial charge in [0, 0.05) is 6.54 Å². The molecule has 0 atom stereocenters. The monoisotopic (exact) mass is 401 g/mol. The highest BCUT2D eigenvalue weighted by molar-refractivity contribution is 7.80. The van der Waals surface area contributed by atoms with Crippen LogP contribution < -0.4 is 20.2 Å². The van der Waals surface area contributed by atoms with E-state index in [0.717, 1.165) is 11.1 Å². The van der Waals surface area contributed by atoms with Crippen LogP contribution in [0.2, 0.25) is 0 Å². The molecule has 0 saturated carbocycles. The van der Waals surface area contributed by atoms with Crippen molar-refractivity contribution in [1.82, 2.24) is 10.7 Å². The van der Waals surface area contributed by atoms with Gasteiger partial charge in [0.25, 0.3) is 0 Å². The fraction of sp³-hybridized carbons (Fsp3) is 0.250. The van der Waals surface area contributed by atoms with Crippen molar-refractivity contribution in [2.75, 3.05) is 20.3 Å². The second-order valence-electron chi connectivity index (χ2n) is 5.54. The lowest BCUT2D eigenvalue weighted by Crippen LogP contribution is -2.31. The van der Waals surface area contributed by atoms with Crippen molar-refractivity contribution in [1.29, 1.82) is 0 Å². The molecular weight excluding hydrogens is 378 g/mol. The van der Waals surface area contributed by atoms with E-state index in [9.17, 15) is 4.79 Å². The molecule has 2 rings (SSSR count). The molecule has 0 aliphatic carbocycles. The predicted octanol–water partition coefficient (Wildman–Crippen LogP) is 2.64. The standard InChI is InChI=1S/C20H23N3O4S/c1-3-26-19(24)14-27-18-11-16(9-10-17(18)25-2)13-22-23-20(28)21-12-15-7-5-4-6-8-15/h4-11,13H,3,12,14H2,1-2H3,(H2,21,23,28)/b22-13+. The summed E-state index contributed by atoms with van der Waals surface area (Å²) in [5.41, 5.74) is 4.63. The number of esters is 1. The third-order valence-corrected chi connectivity index (χ3v) is 3.75. The molecule has 28 heavy (non-hydrogen) atoms. The highest BCUT2D eigenvalue weighted by atomic mass is 32.1. The number of thiocarbonyl (C=S) groups is 1. The van der Waals surface area contributed by atoms with Gasteiger partial charge >= 0.3 is 5.97 Å². The third kappa shape index (κ3) is 7.24. The Morgan fingerprint density at radius 3 is 2.68 bits per heavy atom. The maximum absolute atomic E-state index is 11.5. The Hall–Kier alpha value is -3.13. The topological polar surface area (TPSA) is 81.2 Å². The Bertz CT molecular complexity index is 812. The average molecular weight is 401 g/mol. The third-order valence-electron chi connectivity index (χ3n) is 3.51. The van der Waals surface area contributed by atoms with Gasteiger partial charge in [0.05, 0.1) is 19.9 Å². The van der Waals surface area contributed by atoms with Crippen LogP contribution in [0.4, 0.5) is 0 Å². The second kappa shape index (κ2) is 11.6. The summed E-state index contributed by atoms with van der Waals surface area (Å²) in [6, 6.07) is 15.2. The van der Waals surface area contributed by atoms with E-state index in [4.69, 9.17) is 26.4 Å².